The fraction of sp³-hybridized carbons (Fsp3) is 0.615. The number of aromatic nitrogens is 1. The first-order chi connectivity index (χ1) is 9.31. The van der Waals surface area contributed by atoms with Gasteiger partial charge in [0.1, 0.15) is 10.7 Å². The van der Waals surface area contributed by atoms with Gasteiger partial charge in [0, 0.05) is 31.8 Å². The zero-order valence-corrected chi connectivity index (χ0v) is 13.0. The number of nitrogens with zero attached hydrogens (tertiary/aromatic N) is 1. The van der Waals surface area contributed by atoms with Gasteiger partial charge in [-0.3, -0.25) is 0 Å². The highest BCUT2D eigenvalue weighted by atomic mass is 32.2. The van der Waals surface area contributed by atoms with Crippen LogP contribution in [-0.4, -0.2) is 39.7 Å². The standard InChI is InChI=1S/C13H21N3O3S/c1-13(2)10(7-11(13)19-4)16-20(17,18)9-5-6-12(14-3)15-8-9/h5-6,8,10-11,16H,7H2,1-4H3,(H,14,15). The molecule has 0 saturated heterocycles. The molecule has 1 aliphatic carbocycles. The Morgan fingerprint density at radius 3 is 2.55 bits per heavy atom. The molecule has 0 amide bonds. The maximum atomic E-state index is 12.3. The zero-order valence-electron chi connectivity index (χ0n) is 12.2. The number of sulfonamides is 1. The second-order valence-electron chi connectivity index (χ2n) is 5.58. The average Bonchev–Trinajstić information content (AvgIpc) is 2.43. The van der Waals surface area contributed by atoms with E-state index in [1.807, 2.05) is 13.8 Å². The van der Waals surface area contributed by atoms with Crippen molar-refractivity contribution in [3.05, 3.63) is 18.3 Å². The highest BCUT2D eigenvalue weighted by Gasteiger charge is 2.50. The molecule has 20 heavy (non-hydrogen) atoms. The molecule has 0 aromatic carbocycles. The van der Waals surface area contributed by atoms with Crippen LogP contribution in [0.3, 0.4) is 0 Å². The molecule has 2 atom stereocenters. The van der Waals surface area contributed by atoms with Crippen molar-refractivity contribution >= 4 is 15.8 Å². The van der Waals surface area contributed by atoms with Crippen LogP contribution in [-0.2, 0) is 14.8 Å². The number of methoxy groups -OCH3 is 1. The van der Waals surface area contributed by atoms with Crippen molar-refractivity contribution < 1.29 is 13.2 Å². The quantitative estimate of drug-likeness (QED) is 0.854. The summed E-state index contributed by atoms with van der Waals surface area (Å²) in [4.78, 5) is 4.20. The molecule has 1 fully saturated rings. The van der Waals surface area contributed by atoms with Crippen LogP contribution in [0.1, 0.15) is 20.3 Å². The molecule has 1 saturated carbocycles. The summed E-state index contributed by atoms with van der Waals surface area (Å²) in [5.41, 5.74) is -0.208. The number of anilines is 1. The molecule has 2 unspecified atom stereocenters. The van der Waals surface area contributed by atoms with Gasteiger partial charge in [0.25, 0.3) is 0 Å². The summed E-state index contributed by atoms with van der Waals surface area (Å²) in [6, 6.07) is 3.06. The van der Waals surface area contributed by atoms with Crippen LogP contribution >= 0.6 is 0 Å². The minimum atomic E-state index is -3.54. The number of ether oxygens (including phenoxy) is 1. The molecule has 0 radical (unpaired) electrons. The monoisotopic (exact) mass is 299 g/mol. The normalized spacial score (nSPS) is 25.0. The Balaban J connectivity index is 2.12. The van der Waals surface area contributed by atoms with E-state index in [0.717, 1.165) is 0 Å². The zero-order chi connectivity index (χ0) is 15.0. The Labute approximate surface area is 120 Å². The van der Waals surface area contributed by atoms with E-state index >= 15 is 0 Å². The predicted octanol–water partition coefficient (Wildman–Crippen LogP) is 1.22. The number of pyridine rings is 1. The summed E-state index contributed by atoms with van der Waals surface area (Å²) in [5.74, 6) is 0.632. The summed E-state index contributed by atoms with van der Waals surface area (Å²) < 4.78 is 32.7. The fourth-order valence-corrected chi connectivity index (χ4v) is 3.78. The Hall–Kier alpha value is -1.18. The second kappa shape index (κ2) is 5.31. The minimum absolute atomic E-state index is 0.0833. The lowest BCUT2D eigenvalue weighted by molar-refractivity contribution is -0.0908. The van der Waals surface area contributed by atoms with Crippen molar-refractivity contribution in [2.75, 3.05) is 19.5 Å². The van der Waals surface area contributed by atoms with E-state index in [0.29, 0.717) is 12.2 Å². The van der Waals surface area contributed by atoms with Gasteiger partial charge in [0.2, 0.25) is 10.0 Å². The number of nitrogens with one attached hydrogen (secondary N) is 2. The summed E-state index contributed by atoms with van der Waals surface area (Å²) in [6.45, 7) is 4.00. The number of hydrogen-bond donors (Lipinski definition) is 2. The Morgan fingerprint density at radius 2 is 2.10 bits per heavy atom. The van der Waals surface area contributed by atoms with Crippen molar-refractivity contribution in [3.63, 3.8) is 0 Å². The van der Waals surface area contributed by atoms with Gasteiger partial charge in [-0.15, -0.1) is 0 Å². The van der Waals surface area contributed by atoms with Gasteiger partial charge in [0.05, 0.1) is 6.10 Å². The number of hydrogen-bond acceptors (Lipinski definition) is 5. The molecule has 2 rings (SSSR count). The molecular formula is C13H21N3O3S. The first-order valence-corrected chi connectivity index (χ1v) is 7.98. The maximum absolute atomic E-state index is 12.3. The highest BCUT2D eigenvalue weighted by Crippen LogP contribution is 2.42. The molecule has 0 spiro atoms. The van der Waals surface area contributed by atoms with Crippen LogP contribution in [0, 0.1) is 5.41 Å². The Kier molecular flexibility index (Phi) is 4.04. The van der Waals surface area contributed by atoms with Crippen molar-refractivity contribution in [1.82, 2.24) is 9.71 Å². The van der Waals surface area contributed by atoms with Crippen LogP contribution in [0.5, 0.6) is 0 Å². The van der Waals surface area contributed by atoms with Crippen LogP contribution < -0.4 is 10.0 Å². The molecular weight excluding hydrogens is 278 g/mol. The number of rotatable bonds is 5. The summed E-state index contributed by atoms with van der Waals surface area (Å²) in [6.07, 6.45) is 2.12. The second-order valence-corrected chi connectivity index (χ2v) is 7.30. The van der Waals surface area contributed by atoms with Gasteiger partial charge < -0.3 is 10.1 Å². The van der Waals surface area contributed by atoms with Crippen molar-refractivity contribution in [2.45, 2.75) is 37.3 Å². The van der Waals surface area contributed by atoms with E-state index in [9.17, 15) is 8.42 Å². The van der Waals surface area contributed by atoms with Gasteiger partial charge in [-0.1, -0.05) is 13.8 Å². The Morgan fingerprint density at radius 1 is 1.40 bits per heavy atom. The average molecular weight is 299 g/mol. The predicted molar refractivity (Wildman–Crippen MR) is 77.1 cm³/mol. The van der Waals surface area contributed by atoms with E-state index in [1.165, 1.54) is 6.20 Å². The molecule has 112 valence electrons. The van der Waals surface area contributed by atoms with Crippen molar-refractivity contribution in [1.29, 1.82) is 0 Å². The maximum Gasteiger partial charge on any atom is 0.242 e. The fourth-order valence-electron chi connectivity index (χ4n) is 2.43. The highest BCUT2D eigenvalue weighted by molar-refractivity contribution is 7.89. The molecule has 6 nitrogen and oxygen atoms in total. The molecule has 2 N–H and O–H groups in total. The van der Waals surface area contributed by atoms with E-state index in [-0.39, 0.29) is 22.5 Å². The van der Waals surface area contributed by atoms with Gasteiger partial charge in [-0.05, 0) is 18.6 Å². The lowest BCUT2D eigenvalue weighted by Crippen LogP contribution is -2.61. The van der Waals surface area contributed by atoms with Crippen molar-refractivity contribution in [2.24, 2.45) is 5.41 Å². The smallest absolute Gasteiger partial charge is 0.242 e. The van der Waals surface area contributed by atoms with E-state index in [2.05, 4.69) is 15.0 Å². The first-order valence-electron chi connectivity index (χ1n) is 6.50. The Bertz CT molecular complexity index is 569. The summed E-state index contributed by atoms with van der Waals surface area (Å²) >= 11 is 0. The van der Waals surface area contributed by atoms with Crippen LogP contribution in [0.25, 0.3) is 0 Å². The van der Waals surface area contributed by atoms with Crippen LogP contribution in [0.15, 0.2) is 23.2 Å². The lowest BCUT2D eigenvalue weighted by atomic mass is 9.65. The van der Waals surface area contributed by atoms with Crippen molar-refractivity contribution in [3.8, 4) is 0 Å². The SMILES string of the molecule is CNc1ccc(S(=O)(=O)NC2CC(OC)C2(C)C)cn1. The summed E-state index contributed by atoms with van der Waals surface area (Å²) in [7, 11) is -0.161. The third-order valence-corrected chi connectivity index (χ3v) is 5.52. The lowest BCUT2D eigenvalue weighted by Gasteiger charge is -2.50. The molecule has 1 aromatic rings. The first kappa shape index (κ1) is 15.2. The molecule has 7 heteroatoms. The van der Waals surface area contributed by atoms with Crippen LogP contribution in [0.4, 0.5) is 5.82 Å². The van der Waals surface area contributed by atoms with Gasteiger partial charge >= 0.3 is 0 Å². The third-order valence-electron chi connectivity index (χ3n) is 4.06. The largest absolute Gasteiger partial charge is 0.381 e. The van der Waals surface area contributed by atoms with E-state index in [4.69, 9.17) is 4.74 Å². The van der Waals surface area contributed by atoms with E-state index < -0.39 is 10.0 Å². The van der Waals surface area contributed by atoms with Gasteiger partial charge in [-0.25, -0.2) is 18.1 Å². The van der Waals surface area contributed by atoms with Crippen LogP contribution in [0.2, 0.25) is 0 Å². The third kappa shape index (κ3) is 2.65. The molecule has 1 heterocycles. The molecule has 1 aromatic heterocycles. The minimum Gasteiger partial charge on any atom is -0.381 e. The summed E-state index contributed by atoms with van der Waals surface area (Å²) in [5, 5.41) is 2.85. The van der Waals surface area contributed by atoms with Gasteiger partial charge in [-0.2, -0.15) is 0 Å². The molecule has 0 bridgehead atoms. The molecule has 1 aliphatic rings. The topological polar surface area (TPSA) is 80.3 Å². The van der Waals surface area contributed by atoms with E-state index in [1.54, 1.807) is 26.3 Å². The molecule has 0 aliphatic heterocycles. The van der Waals surface area contributed by atoms with Gasteiger partial charge in [0.15, 0.2) is 0 Å².